The minimum absolute atomic E-state index is 0.0776. The predicted molar refractivity (Wildman–Crippen MR) is 229 cm³/mol. The molecule has 7 rings (SSSR count). The van der Waals surface area contributed by atoms with Crippen molar-refractivity contribution in [2.75, 3.05) is 19.0 Å². The smallest absolute Gasteiger partial charge is 0.411 e. The van der Waals surface area contributed by atoms with Gasteiger partial charge in [-0.3, -0.25) is 9.69 Å². The van der Waals surface area contributed by atoms with Crippen molar-refractivity contribution in [3.8, 4) is 28.7 Å². The number of esters is 1. The van der Waals surface area contributed by atoms with Crippen LogP contribution in [-0.2, 0) is 45.1 Å². The molecule has 2 amide bonds. The van der Waals surface area contributed by atoms with E-state index in [1.54, 1.807) is 45.0 Å². The molecule has 11 nitrogen and oxygen atoms in total. The monoisotopic (exact) mass is 846 g/mol. The number of halogens is 2. The summed E-state index contributed by atoms with van der Waals surface area (Å²) in [6, 6.07) is 31.9. The molecule has 0 aromatic heterocycles. The number of carbonyl (C=O) groups excluding carboxylic acids is 3. The van der Waals surface area contributed by atoms with Crippen LogP contribution in [0, 0.1) is 11.3 Å². The van der Waals surface area contributed by atoms with Gasteiger partial charge in [0.25, 0.3) is 0 Å². The lowest BCUT2D eigenvalue weighted by molar-refractivity contribution is -0.145. The average Bonchev–Trinajstić information content (AvgIpc) is 3.24. The van der Waals surface area contributed by atoms with E-state index >= 15 is 0 Å². The number of nitriles is 1. The van der Waals surface area contributed by atoms with Gasteiger partial charge in [-0.05, 0) is 108 Å². The maximum atomic E-state index is 14.2. The normalized spacial score (nSPS) is 16.1. The highest BCUT2D eigenvalue weighted by Gasteiger charge is 2.39. The summed E-state index contributed by atoms with van der Waals surface area (Å²) in [4.78, 5) is 42.4. The van der Waals surface area contributed by atoms with Crippen molar-refractivity contribution in [2.45, 2.75) is 70.6 Å². The maximum Gasteiger partial charge on any atom is 0.411 e. The van der Waals surface area contributed by atoms with Crippen LogP contribution in [0.4, 0.5) is 10.5 Å². The van der Waals surface area contributed by atoms with Crippen molar-refractivity contribution in [3.63, 3.8) is 0 Å². The zero-order valence-electron chi connectivity index (χ0n) is 33.6. The molecule has 308 valence electrons. The summed E-state index contributed by atoms with van der Waals surface area (Å²) in [5, 5.41) is 16.5. The van der Waals surface area contributed by atoms with Gasteiger partial charge in [0.05, 0.1) is 47.6 Å². The van der Waals surface area contributed by atoms with Crippen molar-refractivity contribution < 1.29 is 33.3 Å². The van der Waals surface area contributed by atoms with Gasteiger partial charge in [-0.25, -0.2) is 9.59 Å². The molecule has 2 unspecified atom stereocenters. The van der Waals surface area contributed by atoms with Crippen molar-refractivity contribution in [2.24, 2.45) is 0 Å². The molecule has 2 aliphatic rings. The molecule has 0 bridgehead atoms. The zero-order valence-corrected chi connectivity index (χ0v) is 35.1. The molecule has 0 aliphatic carbocycles. The summed E-state index contributed by atoms with van der Waals surface area (Å²) in [5.74, 6) is 0.182. The quantitative estimate of drug-likeness (QED) is 0.132. The third-order valence-electron chi connectivity index (χ3n) is 10.3. The van der Waals surface area contributed by atoms with Crippen molar-refractivity contribution >= 4 is 46.9 Å². The highest BCUT2D eigenvalue weighted by atomic mass is 35.5. The van der Waals surface area contributed by atoms with Crippen LogP contribution in [0.2, 0.25) is 10.0 Å². The number of nitrogens with one attached hydrogen (secondary N) is 2. The number of hydrogen-bond donors (Lipinski definition) is 2. The molecule has 0 spiro atoms. The fourth-order valence-electron chi connectivity index (χ4n) is 7.17. The van der Waals surface area contributed by atoms with Crippen molar-refractivity contribution in [3.05, 3.63) is 147 Å². The first kappa shape index (κ1) is 41.9. The van der Waals surface area contributed by atoms with E-state index in [0.717, 1.165) is 44.6 Å². The topological polar surface area (TPSA) is 139 Å². The van der Waals surface area contributed by atoms with Crippen molar-refractivity contribution in [1.29, 1.82) is 5.26 Å². The molecular formula is C47H44Cl2N4O7. The average molecular weight is 848 g/mol. The lowest BCUT2D eigenvalue weighted by Gasteiger charge is -2.38. The predicted octanol–water partition coefficient (Wildman–Crippen LogP) is 9.22. The van der Waals surface area contributed by atoms with E-state index in [1.165, 1.54) is 12.0 Å². The van der Waals surface area contributed by atoms with Gasteiger partial charge in [0.1, 0.15) is 41.9 Å². The first-order valence-electron chi connectivity index (χ1n) is 19.5. The number of benzene rings is 5. The summed E-state index contributed by atoms with van der Waals surface area (Å²) in [6.07, 6.45) is -0.620. The Morgan fingerprint density at radius 3 is 2.23 bits per heavy atom. The molecule has 5 aromatic rings. The Morgan fingerprint density at radius 2 is 1.58 bits per heavy atom. The Morgan fingerprint density at radius 1 is 0.900 bits per heavy atom. The highest BCUT2D eigenvalue weighted by Crippen LogP contribution is 2.39. The molecular weight excluding hydrogens is 803 g/mol. The lowest BCUT2D eigenvalue weighted by atomic mass is 9.92. The molecule has 60 heavy (non-hydrogen) atoms. The van der Waals surface area contributed by atoms with Gasteiger partial charge in [0.2, 0.25) is 5.91 Å². The van der Waals surface area contributed by atoms with E-state index in [0.29, 0.717) is 40.3 Å². The van der Waals surface area contributed by atoms with Crippen LogP contribution in [-0.4, -0.2) is 54.2 Å². The van der Waals surface area contributed by atoms with E-state index in [4.69, 9.17) is 47.4 Å². The van der Waals surface area contributed by atoms with Gasteiger partial charge >= 0.3 is 12.1 Å². The molecule has 2 aliphatic heterocycles. The molecule has 5 aromatic carbocycles. The van der Waals surface area contributed by atoms with Gasteiger partial charge in [-0.1, -0.05) is 77.8 Å². The van der Waals surface area contributed by atoms with Gasteiger partial charge < -0.3 is 29.6 Å². The van der Waals surface area contributed by atoms with Crippen LogP contribution in [0.25, 0.3) is 11.1 Å². The molecule has 0 saturated carbocycles. The number of fused-ring (bicyclic) bond motifs is 2. The Kier molecular flexibility index (Phi) is 12.5. The van der Waals surface area contributed by atoms with Gasteiger partial charge in [-0.2, -0.15) is 5.26 Å². The van der Waals surface area contributed by atoms with Crippen LogP contribution < -0.4 is 20.1 Å². The van der Waals surface area contributed by atoms with E-state index in [-0.39, 0.29) is 25.5 Å². The second-order valence-electron chi connectivity index (χ2n) is 15.7. The lowest BCUT2D eigenvalue weighted by Crippen LogP contribution is -2.56. The second kappa shape index (κ2) is 18.0. The number of anilines is 1. The first-order chi connectivity index (χ1) is 28.8. The SMILES string of the molecule is COC(=O)[C@H](Cc1ccc(-c2ccc(C#N)cc2)cc1)NC(=O)C1Cc2cc3c(cc2CN1C(=O)OC(C)(C)C)OC(c1ccc(OCc2ccc(Cl)c(Cl)c2)cc1)CN3. The maximum absolute atomic E-state index is 14.2. The van der Waals surface area contributed by atoms with Crippen LogP contribution in [0.5, 0.6) is 11.5 Å². The Bertz CT molecular complexity index is 2430. The Labute approximate surface area is 359 Å². The van der Waals surface area contributed by atoms with Crippen LogP contribution in [0.1, 0.15) is 60.3 Å². The Balaban J connectivity index is 1.05. The minimum Gasteiger partial charge on any atom is -0.489 e. The standard InChI is InChI=1S/C47H44Cl2N4O7/c1-47(2,3)60-46(56)53-26-35-23-42-39(51-25-43(59-42)33-14-16-36(17-15-33)58-27-30-9-18-37(48)38(49)19-30)21-34(35)22-41(53)44(54)52-40(45(55)57-4)20-28-5-10-31(11-6-28)32-12-7-29(24-50)8-13-32/h5-19,21,23,40-41,43,51H,20,22,25-27H2,1-4H3,(H,52,54)/t40-,41?,43?/m0/s1. The number of methoxy groups -OCH3 is 1. The molecule has 3 atom stereocenters. The number of amides is 2. The molecule has 13 heteroatoms. The summed E-state index contributed by atoms with van der Waals surface area (Å²) < 4.78 is 23.4. The zero-order chi connectivity index (χ0) is 42.6. The Hall–Kier alpha value is -6.22. The molecule has 0 radical (unpaired) electrons. The van der Waals surface area contributed by atoms with E-state index in [9.17, 15) is 14.4 Å². The van der Waals surface area contributed by atoms with Gasteiger partial charge in [-0.15, -0.1) is 0 Å². The van der Waals surface area contributed by atoms with Crippen molar-refractivity contribution in [1.82, 2.24) is 10.2 Å². The van der Waals surface area contributed by atoms with Crippen LogP contribution >= 0.6 is 23.2 Å². The third kappa shape index (κ3) is 9.96. The second-order valence-corrected chi connectivity index (χ2v) is 16.5. The molecule has 0 saturated heterocycles. The fraction of sp³-hybridized carbons (Fsp3) is 0.277. The number of ether oxygens (including phenoxy) is 4. The summed E-state index contributed by atoms with van der Waals surface area (Å²) in [7, 11) is 1.27. The molecule has 0 fully saturated rings. The number of nitrogens with zero attached hydrogens (tertiary/aromatic N) is 2. The van der Waals surface area contributed by atoms with Crippen LogP contribution in [0.15, 0.2) is 103 Å². The third-order valence-corrected chi connectivity index (χ3v) is 11.0. The summed E-state index contributed by atoms with van der Waals surface area (Å²) in [6.45, 7) is 6.21. The largest absolute Gasteiger partial charge is 0.489 e. The number of rotatable bonds is 10. The molecule has 2 heterocycles. The highest BCUT2D eigenvalue weighted by molar-refractivity contribution is 6.42. The van der Waals surface area contributed by atoms with Crippen LogP contribution in [0.3, 0.4) is 0 Å². The number of hydrogen-bond acceptors (Lipinski definition) is 9. The van der Waals surface area contributed by atoms with Gasteiger partial charge in [0, 0.05) is 12.8 Å². The minimum atomic E-state index is -1.02. The van der Waals surface area contributed by atoms with E-state index in [1.807, 2.05) is 78.9 Å². The summed E-state index contributed by atoms with van der Waals surface area (Å²) in [5.41, 5.74) is 6.70. The summed E-state index contributed by atoms with van der Waals surface area (Å²) >= 11 is 12.2. The van der Waals surface area contributed by atoms with E-state index in [2.05, 4.69) is 16.7 Å². The van der Waals surface area contributed by atoms with E-state index < -0.39 is 35.7 Å². The number of carbonyl (C=O) groups is 3. The fourth-order valence-corrected chi connectivity index (χ4v) is 7.49. The first-order valence-corrected chi connectivity index (χ1v) is 20.2. The van der Waals surface area contributed by atoms with Gasteiger partial charge in [0.15, 0.2) is 0 Å². The molecule has 2 N–H and O–H groups in total.